The molecular formula is C23H20ClN3OS. The van der Waals surface area contributed by atoms with Gasteiger partial charge in [0.25, 0.3) is 5.91 Å². The van der Waals surface area contributed by atoms with E-state index < -0.39 is 0 Å². The van der Waals surface area contributed by atoms with Gasteiger partial charge in [-0.25, -0.2) is 4.98 Å². The van der Waals surface area contributed by atoms with Crippen LogP contribution in [0.2, 0.25) is 5.15 Å². The Kier molecular flexibility index (Phi) is 4.96. The molecule has 0 saturated carbocycles. The van der Waals surface area contributed by atoms with Crippen LogP contribution in [0.1, 0.15) is 15.2 Å². The number of hydrogen-bond acceptors (Lipinski definition) is 4. The number of benzene rings is 2. The second-order valence-corrected chi connectivity index (χ2v) is 8.74. The Labute approximate surface area is 178 Å². The van der Waals surface area contributed by atoms with E-state index in [-0.39, 0.29) is 5.91 Å². The lowest BCUT2D eigenvalue weighted by Crippen LogP contribution is -2.48. The highest BCUT2D eigenvalue weighted by Crippen LogP contribution is 2.36. The van der Waals surface area contributed by atoms with E-state index in [1.807, 2.05) is 41.3 Å². The number of nitrogens with zero attached hydrogens (tertiary/aromatic N) is 3. The maximum Gasteiger partial charge on any atom is 0.264 e. The molecule has 1 aliphatic rings. The van der Waals surface area contributed by atoms with E-state index in [0.717, 1.165) is 58.6 Å². The fraction of sp³-hybridized carbons (Fsp3) is 0.217. The average molecular weight is 422 g/mol. The molecule has 0 spiro atoms. The number of halogens is 1. The van der Waals surface area contributed by atoms with Crippen molar-refractivity contribution in [3.8, 4) is 0 Å². The minimum Gasteiger partial charge on any atom is -0.335 e. The Balaban J connectivity index is 1.34. The summed E-state index contributed by atoms with van der Waals surface area (Å²) in [6.45, 7) is 4.19. The van der Waals surface area contributed by atoms with Crippen LogP contribution in [0.5, 0.6) is 0 Å². The molecule has 0 radical (unpaired) electrons. The van der Waals surface area contributed by atoms with Crippen molar-refractivity contribution in [2.75, 3.05) is 26.2 Å². The number of thiophene rings is 1. The molecule has 0 bridgehead atoms. The third-order valence-electron chi connectivity index (χ3n) is 5.44. The van der Waals surface area contributed by atoms with Gasteiger partial charge in [0.2, 0.25) is 0 Å². The highest BCUT2D eigenvalue weighted by Gasteiger charge is 2.24. The van der Waals surface area contributed by atoms with E-state index in [1.165, 1.54) is 16.9 Å². The second kappa shape index (κ2) is 7.75. The molecule has 4 aromatic rings. The highest BCUT2D eigenvalue weighted by atomic mass is 35.5. The number of carbonyl (C=O) groups excluding carboxylic acids is 1. The summed E-state index contributed by atoms with van der Waals surface area (Å²) in [5.74, 6) is 0.0886. The van der Waals surface area contributed by atoms with Gasteiger partial charge >= 0.3 is 0 Å². The van der Waals surface area contributed by atoms with Crippen molar-refractivity contribution in [3.05, 3.63) is 76.3 Å². The number of rotatable bonds is 3. The van der Waals surface area contributed by atoms with Gasteiger partial charge in [-0.05, 0) is 17.7 Å². The predicted octanol–water partition coefficient (Wildman–Crippen LogP) is 5.06. The van der Waals surface area contributed by atoms with E-state index in [1.54, 1.807) is 0 Å². The van der Waals surface area contributed by atoms with Crippen LogP contribution in [-0.2, 0) is 6.54 Å². The molecule has 2 aromatic heterocycles. The summed E-state index contributed by atoms with van der Waals surface area (Å²) in [6.07, 6.45) is 0. The molecule has 1 fully saturated rings. The molecule has 29 heavy (non-hydrogen) atoms. The van der Waals surface area contributed by atoms with Gasteiger partial charge in [0.15, 0.2) is 0 Å². The van der Waals surface area contributed by atoms with E-state index in [0.29, 0.717) is 5.15 Å². The molecule has 1 saturated heterocycles. The van der Waals surface area contributed by atoms with Crippen LogP contribution in [0.3, 0.4) is 0 Å². The number of carbonyl (C=O) groups is 1. The van der Waals surface area contributed by atoms with Gasteiger partial charge in [0.1, 0.15) is 5.15 Å². The number of piperazine rings is 1. The zero-order chi connectivity index (χ0) is 19.8. The molecule has 0 atom stereocenters. The highest BCUT2D eigenvalue weighted by molar-refractivity contribution is 7.21. The Morgan fingerprint density at radius 1 is 0.966 bits per heavy atom. The lowest BCUT2D eigenvalue weighted by Gasteiger charge is -2.34. The third-order valence-corrected chi connectivity index (χ3v) is 6.89. The zero-order valence-electron chi connectivity index (χ0n) is 15.8. The summed E-state index contributed by atoms with van der Waals surface area (Å²) < 4.78 is 1.03. The van der Waals surface area contributed by atoms with Gasteiger partial charge in [-0.15, -0.1) is 11.3 Å². The summed E-state index contributed by atoms with van der Waals surface area (Å²) in [7, 11) is 0. The molecule has 146 valence electrons. The molecule has 0 aliphatic carbocycles. The van der Waals surface area contributed by atoms with Crippen molar-refractivity contribution in [2.45, 2.75) is 6.54 Å². The smallest absolute Gasteiger partial charge is 0.264 e. The largest absolute Gasteiger partial charge is 0.335 e. The van der Waals surface area contributed by atoms with Gasteiger partial charge < -0.3 is 4.90 Å². The number of fused-ring (bicyclic) bond motifs is 3. The maximum absolute atomic E-state index is 13.1. The van der Waals surface area contributed by atoms with Crippen molar-refractivity contribution in [2.24, 2.45) is 0 Å². The summed E-state index contributed by atoms with van der Waals surface area (Å²) in [5, 5.41) is 2.37. The molecule has 3 heterocycles. The zero-order valence-corrected chi connectivity index (χ0v) is 17.4. The van der Waals surface area contributed by atoms with E-state index in [9.17, 15) is 4.79 Å². The summed E-state index contributed by atoms with van der Waals surface area (Å²) in [5.41, 5.74) is 2.17. The number of aromatic nitrogens is 1. The monoisotopic (exact) mass is 421 g/mol. The Bertz CT molecular complexity index is 1180. The summed E-state index contributed by atoms with van der Waals surface area (Å²) >= 11 is 7.92. The topological polar surface area (TPSA) is 36.4 Å². The van der Waals surface area contributed by atoms with Gasteiger partial charge in [0.05, 0.1) is 10.4 Å². The second-order valence-electron chi connectivity index (χ2n) is 7.33. The SMILES string of the molecule is O=C(c1cc2c(Cl)nc3ccccc3c2s1)N1CCN(Cc2ccccc2)CC1. The lowest BCUT2D eigenvalue weighted by molar-refractivity contribution is 0.0633. The lowest BCUT2D eigenvalue weighted by atomic mass is 10.2. The van der Waals surface area contributed by atoms with Gasteiger partial charge in [-0.2, -0.15) is 0 Å². The average Bonchev–Trinajstić information content (AvgIpc) is 3.21. The first kappa shape index (κ1) is 18.6. The molecular weight excluding hydrogens is 402 g/mol. The molecule has 0 N–H and O–H groups in total. The van der Waals surface area contributed by atoms with Crippen molar-refractivity contribution < 1.29 is 4.79 Å². The number of para-hydroxylation sites is 1. The van der Waals surface area contributed by atoms with Crippen LogP contribution in [0, 0.1) is 0 Å². The first-order valence-electron chi connectivity index (χ1n) is 9.72. The van der Waals surface area contributed by atoms with Crippen molar-refractivity contribution in [1.29, 1.82) is 0 Å². The molecule has 1 aliphatic heterocycles. The predicted molar refractivity (Wildman–Crippen MR) is 120 cm³/mol. The standard InChI is InChI=1S/C23H20ClN3OS/c24-22-18-14-20(29-21(18)17-8-4-5-9-19(17)25-22)23(28)27-12-10-26(11-13-27)15-16-6-2-1-3-7-16/h1-9,14H,10-13,15H2. The molecule has 4 nitrogen and oxygen atoms in total. The van der Waals surface area contributed by atoms with Crippen LogP contribution in [-0.4, -0.2) is 46.9 Å². The number of hydrogen-bond donors (Lipinski definition) is 0. The summed E-state index contributed by atoms with van der Waals surface area (Å²) in [4.78, 5) is 22.7. The quantitative estimate of drug-likeness (QED) is 0.434. The molecule has 6 heteroatoms. The van der Waals surface area contributed by atoms with Crippen LogP contribution >= 0.6 is 22.9 Å². The van der Waals surface area contributed by atoms with Crippen LogP contribution in [0.4, 0.5) is 0 Å². The number of amides is 1. The van der Waals surface area contributed by atoms with Gasteiger partial charge in [0, 0.05) is 48.2 Å². The normalized spacial score (nSPS) is 15.3. The maximum atomic E-state index is 13.1. The van der Waals surface area contributed by atoms with Gasteiger partial charge in [-0.1, -0.05) is 60.1 Å². The number of pyridine rings is 1. The summed E-state index contributed by atoms with van der Waals surface area (Å²) in [6, 6.07) is 20.3. The first-order chi connectivity index (χ1) is 14.2. The first-order valence-corrected chi connectivity index (χ1v) is 10.9. The van der Waals surface area contributed by atoms with E-state index in [2.05, 4.69) is 34.1 Å². The van der Waals surface area contributed by atoms with Crippen molar-refractivity contribution in [3.63, 3.8) is 0 Å². The molecule has 1 amide bonds. The van der Waals surface area contributed by atoms with Crippen LogP contribution in [0.15, 0.2) is 60.7 Å². The minimum atomic E-state index is 0.0886. The third kappa shape index (κ3) is 3.62. The Morgan fingerprint density at radius 2 is 1.69 bits per heavy atom. The molecule has 0 unspecified atom stereocenters. The Hall–Kier alpha value is -2.47. The van der Waals surface area contributed by atoms with E-state index >= 15 is 0 Å². The van der Waals surface area contributed by atoms with Crippen molar-refractivity contribution in [1.82, 2.24) is 14.8 Å². The van der Waals surface area contributed by atoms with Crippen molar-refractivity contribution >= 4 is 49.8 Å². The Morgan fingerprint density at radius 3 is 2.48 bits per heavy atom. The van der Waals surface area contributed by atoms with Crippen LogP contribution < -0.4 is 0 Å². The van der Waals surface area contributed by atoms with Crippen LogP contribution in [0.25, 0.3) is 21.0 Å². The minimum absolute atomic E-state index is 0.0886. The van der Waals surface area contributed by atoms with E-state index in [4.69, 9.17) is 11.6 Å². The van der Waals surface area contributed by atoms with Gasteiger partial charge in [-0.3, -0.25) is 9.69 Å². The molecule has 5 rings (SSSR count). The fourth-order valence-electron chi connectivity index (χ4n) is 3.89. The fourth-order valence-corrected chi connectivity index (χ4v) is 5.34. The molecule has 2 aromatic carbocycles.